The molecule has 0 aromatic heterocycles. The molecule has 0 amide bonds. The predicted molar refractivity (Wildman–Crippen MR) is 87.2 cm³/mol. The molecule has 0 bridgehead atoms. The van der Waals surface area contributed by atoms with Crippen LogP contribution in [0.4, 0.5) is 4.39 Å². The van der Waals surface area contributed by atoms with Crippen LogP contribution in [0, 0.1) is 5.82 Å². The maximum Gasteiger partial charge on any atom is 0.124 e. The van der Waals surface area contributed by atoms with Gasteiger partial charge in [0, 0.05) is 4.47 Å². The molecule has 1 atom stereocenters. The summed E-state index contributed by atoms with van der Waals surface area (Å²) >= 11 is 3.36. The van der Waals surface area contributed by atoms with Crippen LogP contribution in [0.15, 0.2) is 46.9 Å². The van der Waals surface area contributed by atoms with Crippen molar-refractivity contribution in [1.82, 2.24) is 5.32 Å². The number of hydrogen-bond acceptors (Lipinski definition) is 2. The Morgan fingerprint density at radius 1 is 1.14 bits per heavy atom. The van der Waals surface area contributed by atoms with Gasteiger partial charge in [0.2, 0.25) is 0 Å². The van der Waals surface area contributed by atoms with Crippen molar-refractivity contribution in [3.05, 3.63) is 63.9 Å². The van der Waals surface area contributed by atoms with Crippen LogP contribution >= 0.6 is 15.9 Å². The molecule has 0 saturated carbocycles. The molecule has 112 valence electrons. The average Bonchev–Trinajstić information content (AvgIpc) is 2.47. The highest BCUT2D eigenvalue weighted by atomic mass is 79.9. The van der Waals surface area contributed by atoms with Gasteiger partial charge < -0.3 is 10.1 Å². The van der Waals surface area contributed by atoms with Crippen LogP contribution in [0.25, 0.3) is 0 Å². The summed E-state index contributed by atoms with van der Waals surface area (Å²) < 4.78 is 19.6. The summed E-state index contributed by atoms with van der Waals surface area (Å²) in [6.07, 6.45) is 1.02. The monoisotopic (exact) mass is 351 g/mol. The zero-order chi connectivity index (χ0) is 15.2. The van der Waals surface area contributed by atoms with E-state index in [1.54, 1.807) is 13.2 Å². The number of benzene rings is 2. The van der Waals surface area contributed by atoms with Gasteiger partial charge in [-0.15, -0.1) is 0 Å². The molecule has 0 fully saturated rings. The van der Waals surface area contributed by atoms with Gasteiger partial charge in [-0.05, 0) is 54.4 Å². The van der Waals surface area contributed by atoms with Crippen LogP contribution in [0.1, 0.15) is 30.5 Å². The van der Waals surface area contributed by atoms with E-state index in [9.17, 15) is 4.39 Å². The fraction of sp³-hybridized carbons (Fsp3) is 0.294. The van der Waals surface area contributed by atoms with Crippen molar-refractivity contribution < 1.29 is 9.13 Å². The number of rotatable bonds is 6. The molecule has 0 saturated heterocycles. The molecule has 0 aliphatic carbocycles. The minimum Gasteiger partial charge on any atom is -0.497 e. The van der Waals surface area contributed by atoms with E-state index in [2.05, 4.69) is 28.2 Å². The first-order valence-electron chi connectivity index (χ1n) is 6.97. The predicted octanol–water partition coefficient (Wildman–Crippen LogP) is 4.69. The zero-order valence-corrected chi connectivity index (χ0v) is 13.8. The van der Waals surface area contributed by atoms with Crippen LogP contribution in [0.5, 0.6) is 5.75 Å². The summed E-state index contributed by atoms with van der Waals surface area (Å²) in [6, 6.07) is 12.8. The first-order valence-corrected chi connectivity index (χ1v) is 7.76. The lowest BCUT2D eigenvalue weighted by atomic mass is 9.98. The molecular weight excluding hydrogens is 333 g/mol. The first-order chi connectivity index (χ1) is 10.1. The first kappa shape index (κ1) is 16.0. The minimum absolute atomic E-state index is 0.0390. The topological polar surface area (TPSA) is 21.3 Å². The number of nitrogens with one attached hydrogen (secondary N) is 1. The Morgan fingerprint density at radius 3 is 2.43 bits per heavy atom. The summed E-state index contributed by atoms with van der Waals surface area (Å²) in [4.78, 5) is 0. The fourth-order valence-electron chi connectivity index (χ4n) is 2.26. The summed E-state index contributed by atoms with van der Waals surface area (Å²) in [7, 11) is 1.64. The largest absolute Gasteiger partial charge is 0.497 e. The second kappa shape index (κ2) is 7.57. The van der Waals surface area contributed by atoms with Crippen LogP contribution < -0.4 is 10.1 Å². The highest BCUT2D eigenvalue weighted by molar-refractivity contribution is 9.10. The molecule has 4 heteroatoms. The Labute approximate surface area is 133 Å². The van der Waals surface area contributed by atoms with Crippen molar-refractivity contribution >= 4 is 15.9 Å². The SMILES string of the molecule is CCCNC(c1ccc(OC)cc1)c1cc(F)cc(Br)c1. The molecule has 0 radical (unpaired) electrons. The van der Waals surface area contributed by atoms with E-state index in [0.717, 1.165) is 34.3 Å². The van der Waals surface area contributed by atoms with E-state index in [1.807, 2.05) is 30.3 Å². The maximum absolute atomic E-state index is 13.7. The molecule has 0 aliphatic heterocycles. The molecule has 1 unspecified atom stereocenters. The summed E-state index contributed by atoms with van der Waals surface area (Å²) in [5, 5.41) is 3.47. The molecule has 21 heavy (non-hydrogen) atoms. The van der Waals surface area contributed by atoms with Gasteiger partial charge in [0.05, 0.1) is 13.2 Å². The molecule has 2 aromatic rings. The van der Waals surface area contributed by atoms with Gasteiger partial charge in [-0.2, -0.15) is 0 Å². The van der Waals surface area contributed by atoms with Gasteiger partial charge in [0.1, 0.15) is 11.6 Å². The number of halogens is 2. The lowest BCUT2D eigenvalue weighted by molar-refractivity contribution is 0.414. The standard InChI is InChI=1S/C17H19BrFNO/c1-3-8-20-17(12-4-6-16(21-2)7-5-12)13-9-14(18)11-15(19)10-13/h4-7,9-11,17,20H,3,8H2,1-2H3. The second-order valence-electron chi connectivity index (χ2n) is 4.86. The van der Waals surface area contributed by atoms with E-state index in [4.69, 9.17) is 4.74 Å². The van der Waals surface area contributed by atoms with Gasteiger partial charge >= 0.3 is 0 Å². The van der Waals surface area contributed by atoms with E-state index >= 15 is 0 Å². The van der Waals surface area contributed by atoms with E-state index in [1.165, 1.54) is 6.07 Å². The van der Waals surface area contributed by atoms with E-state index in [-0.39, 0.29) is 11.9 Å². The lowest BCUT2D eigenvalue weighted by Crippen LogP contribution is -2.23. The highest BCUT2D eigenvalue weighted by Gasteiger charge is 2.15. The van der Waals surface area contributed by atoms with E-state index in [0.29, 0.717) is 0 Å². The lowest BCUT2D eigenvalue weighted by Gasteiger charge is -2.20. The van der Waals surface area contributed by atoms with Gasteiger partial charge in [-0.3, -0.25) is 0 Å². The van der Waals surface area contributed by atoms with Gasteiger partial charge in [-0.1, -0.05) is 35.0 Å². The molecule has 2 nitrogen and oxygen atoms in total. The number of hydrogen-bond donors (Lipinski definition) is 1. The average molecular weight is 352 g/mol. The Kier molecular flexibility index (Phi) is 5.76. The van der Waals surface area contributed by atoms with Crippen molar-refractivity contribution in [2.45, 2.75) is 19.4 Å². The third kappa shape index (κ3) is 4.29. The molecular formula is C17H19BrFNO. The molecule has 0 spiro atoms. The van der Waals surface area contributed by atoms with Crippen molar-refractivity contribution in [1.29, 1.82) is 0 Å². The Hall–Kier alpha value is -1.39. The van der Waals surface area contributed by atoms with Crippen molar-refractivity contribution in [3.63, 3.8) is 0 Å². The van der Waals surface area contributed by atoms with Crippen LogP contribution in [-0.4, -0.2) is 13.7 Å². The van der Waals surface area contributed by atoms with Gasteiger partial charge in [-0.25, -0.2) is 4.39 Å². The van der Waals surface area contributed by atoms with Crippen LogP contribution in [0.3, 0.4) is 0 Å². The Balaban J connectivity index is 2.36. The zero-order valence-electron chi connectivity index (χ0n) is 12.2. The third-order valence-electron chi connectivity index (χ3n) is 3.27. The van der Waals surface area contributed by atoms with Crippen molar-refractivity contribution in [3.8, 4) is 5.75 Å². The second-order valence-corrected chi connectivity index (χ2v) is 5.78. The third-order valence-corrected chi connectivity index (χ3v) is 3.72. The fourth-order valence-corrected chi connectivity index (χ4v) is 2.74. The molecule has 2 rings (SSSR count). The Morgan fingerprint density at radius 2 is 1.86 bits per heavy atom. The summed E-state index contributed by atoms with van der Waals surface area (Å²) in [5.74, 6) is 0.574. The van der Waals surface area contributed by atoms with Crippen molar-refractivity contribution in [2.75, 3.05) is 13.7 Å². The van der Waals surface area contributed by atoms with Crippen LogP contribution in [0.2, 0.25) is 0 Å². The van der Waals surface area contributed by atoms with Crippen molar-refractivity contribution in [2.24, 2.45) is 0 Å². The molecule has 0 heterocycles. The molecule has 1 N–H and O–H groups in total. The number of ether oxygens (including phenoxy) is 1. The van der Waals surface area contributed by atoms with Gasteiger partial charge in [0.25, 0.3) is 0 Å². The highest BCUT2D eigenvalue weighted by Crippen LogP contribution is 2.27. The summed E-state index contributed by atoms with van der Waals surface area (Å²) in [6.45, 7) is 2.98. The quantitative estimate of drug-likeness (QED) is 0.815. The Bertz CT molecular complexity index is 566. The molecule has 0 aliphatic rings. The molecule has 2 aromatic carbocycles. The van der Waals surface area contributed by atoms with E-state index < -0.39 is 0 Å². The van der Waals surface area contributed by atoms with Crippen LogP contribution in [-0.2, 0) is 0 Å². The summed E-state index contributed by atoms with van der Waals surface area (Å²) in [5.41, 5.74) is 1.99. The van der Waals surface area contributed by atoms with Gasteiger partial charge in [0.15, 0.2) is 0 Å². The number of methoxy groups -OCH3 is 1. The minimum atomic E-state index is -0.240. The smallest absolute Gasteiger partial charge is 0.124 e. The maximum atomic E-state index is 13.7. The normalized spacial score (nSPS) is 12.2.